The molecule has 3 rings (SSSR count). The minimum Gasteiger partial charge on any atom is -0.488 e. The quantitative estimate of drug-likeness (QED) is 0.813. The third-order valence-electron chi connectivity index (χ3n) is 3.82. The minimum atomic E-state index is 0.0689. The number of amides is 1. The molecule has 1 amide bonds. The Kier molecular flexibility index (Phi) is 4.18. The fourth-order valence-corrected chi connectivity index (χ4v) is 2.72. The summed E-state index contributed by atoms with van der Waals surface area (Å²) in [5.74, 6) is 1.04. The number of hydrogen-bond donors (Lipinski definition) is 2. The van der Waals surface area contributed by atoms with Gasteiger partial charge in [-0.2, -0.15) is 0 Å². The van der Waals surface area contributed by atoms with Crippen LogP contribution in [-0.2, 0) is 11.2 Å². The molecule has 1 atom stereocenters. The predicted molar refractivity (Wildman–Crippen MR) is 76.9 cm³/mol. The van der Waals surface area contributed by atoms with Crippen molar-refractivity contribution < 1.29 is 9.53 Å². The Morgan fingerprint density at radius 3 is 2.95 bits per heavy atom. The Bertz CT molecular complexity index is 447. The summed E-state index contributed by atoms with van der Waals surface area (Å²) in [6.45, 7) is 4.89. The second-order valence-electron chi connectivity index (χ2n) is 5.38. The van der Waals surface area contributed by atoms with Gasteiger partial charge in [0.25, 0.3) is 0 Å². The van der Waals surface area contributed by atoms with Crippen LogP contribution in [0, 0.1) is 0 Å². The van der Waals surface area contributed by atoms with E-state index in [0.717, 1.165) is 38.3 Å². The number of hydrogen-bond acceptors (Lipinski definition) is 4. The Hall–Kier alpha value is -1.59. The van der Waals surface area contributed by atoms with Crippen molar-refractivity contribution in [2.24, 2.45) is 0 Å². The smallest absolute Gasteiger partial charge is 0.234 e. The first kappa shape index (κ1) is 13.4. The van der Waals surface area contributed by atoms with Gasteiger partial charge in [0.2, 0.25) is 5.91 Å². The SMILES string of the molecule is O=C(CN1CCNCC1)NC[C@H]1Cc2ccccc2O1. The van der Waals surface area contributed by atoms with Gasteiger partial charge in [0.1, 0.15) is 11.9 Å². The number of benzene rings is 1. The number of nitrogens with zero attached hydrogens (tertiary/aromatic N) is 1. The van der Waals surface area contributed by atoms with Gasteiger partial charge in [-0.3, -0.25) is 9.69 Å². The van der Waals surface area contributed by atoms with E-state index in [1.54, 1.807) is 0 Å². The van der Waals surface area contributed by atoms with Gasteiger partial charge in [-0.15, -0.1) is 0 Å². The molecule has 5 nitrogen and oxygen atoms in total. The van der Waals surface area contributed by atoms with Crippen molar-refractivity contribution in [2.45, 2.75) is 12.5 Å². The predicted octanol–water partition coefficient (Wildman–Crippen LogP) is 0.0115. The molecule has 0 spiro atoms. The van der Waals surface area contributed by atoms with Crippen LogP contribution in [0.15, 0.2) is 24.3 Å². The molecule has 0 aromatic heterocycles. The van der Waals surface area contributed by atoms with Crippen LogP contribution in [0.1, 0.15) is 5.56 Å². The third-order valence-corrected chi connectivity index (χ3v) is 3.82. The van der Waals surface area contributed by atoms with Crippen LogP contribution in [0.4, 0.5) is 0 Å². The van der Waals surface area contributed by atoms with Crippen LogP contribution in [0.25, 0.3) is 0 Å². The molecule has 2 heterocycles. The summed E-state index contributed by atoms with van der Waals surface area (Å²) in [4.78, 5) is 14.1. The molecule has 0 saturated carbocycles. The highest BCUT2D eigenvalue weighted by molar-refractivity contribution is 5.78. The molecule has 2 aliphatic heterocycles. The van der Waals surface area contributed by atoms with E-state index >= 15 is 0 Å². The van der Waals surface area contributed by atoms with Gasteiger partial charge in [0.15, 0.2) is 0 Å². The number of piperazine rings is 1. The van der Waals surface area contributed by atoms with Crippen LogP contribution < -0.4 is 15.4 Å². The number of ether oxygens (including phenoxy) is 1. The summed E-state index contributed by atoms with van der Waals surface area (Å²) in [6, 6.07) is 8.06. The normalized spacial score (nSPS) is 22.1. The van der Waals surface area contributed by atoms with E-state index in [9.17, 15) is 4.79 Å². The first-order valence-electron chi connectivity index (χ1n) is 7.25. The topological polar surface area (TPSA) is 53.6 Å². The van der Waals surface area contributed by atoms with Crippen molar-refractivity contribution in [1.82, 2.24) is 15.5 Å². The first-order valence-corrected chi connectivity index (χ1v) is 7.25. The zero-order chi connectivity index (χ0) is 13.8. The van der Waals surface area contributed by atoms with Gasteiger partial charge in [0, 0.05) is 32.6 Å². The second kappa shape index (κ2) is 6.24. The number of carbonyl (C=O) groups is 1. The van der Waals surface area contributed by atoms with E-state index in [1.165, 1.54) is 5.56 Å². The maximum atomic E-state index is 11.9. The molecule has 1 aromatic carbocycles. The van der Waals surface area contributed by atoms with Crippen LogP contribution in [0.2, 0.25) is 0 Å². The summed E-state index contributed by atoms with van der Waals surface area (Å²) in [5.41, 5.74) is 1.23. The molecule has 0 radical (unpaired) electrons. The van der Waals surface area contributed by atoms with Crippen LogP contribution in [-0.4, -0.2) is 56.2 Å². The molecule has 2 N–H and O–H groups in total. The highest BCUT2D eigenvalue weighted by atomic mass is 16.5. The minimum absolute atomic E-state index is 0.0689. The summed E-state index contributed by atoms with van der Waals surface area (Å²) < 4.78 is 5.81. The van der Waals surface area contributed by atoms with Gasteiger partial charge in [0.05, 0.1) is 13.1 Å². The molecule has 5 heteroatoms. The van der Waals surface area contributed by atoms with E-state index in [4.69, 9.17) is 4.74 Å². The zero-order valence-electron chi connectivity index (χ0n) is 11.6. The lowest BCUT2D eigenvalue weighted by Gasteiger charge is -2.26. The summed E-state index contributed by atoms with van der Waals surface area (Å²) >= 11 is 0. The van der Waals surface area contributed by atoms with Gasteiger partial charge >= 0.3 is 0 Å². The van der Waals surface area contributed by atoms with E-state index in [1.807, 2.05) is 18.2 Å². The third kappa shape index (κ3) is 3.29. The van der Waals surface area contributed by atoms with Crippen molar-refractivity contribution in [2.75, 3.05) is 39.3 Å². The molecule has 108 valence electrons. The molecule has 1 aromatic rings. The molecule has 0 unspecified atom stereocenters. The van der Waals surface area contributed by atoms with E-state index in [0.29, 0.717) is 13.1 Å². The van der Waals surface area contributed by atoms with Gasteiger partial charge in [-0.1, -0.05) is 18.2 Å². The maximum Gasteiger partial charge on any atom is 0.234 e. The van der Waals surface area contributed by atoms with E-state index in [-0.39, 0.29) is 12.0 Å². The maximum absolute atomic E-state index is 11.9. The average molecular weight is 275 g/mol. The fourth-order valence-electron chi connectivity index (χ4n) is 2.72. The number of para-hydroxylation sites is 1. The Labute approximate surface area is 119 Å². The number of nitrogens with one attached hydrogen (secondary N) is 2. The van der Waals surface area contributed by atoms with Crippen molar-refractivity contribution in [3.8, 4) is 5.75 Å². The standard InChI is InChI=1S/C15H21N3O2/c19-15(11-18-7-5-16-6-8-18)17-10-13-9-12-3-1-2-4-14(12)20-13/h1-4,13,16H,5-11H2,(H,17,19)/t13-/m1/s1. The molecule has 1 fully saturated rings. The van der Waals surface area contributed by atoms with Crippen molar-refractivity contribution in [3.63, 3.8) is 0 Å². The number of carbonyl (C=O) groups excluding carboxylic acids is 1. The van der Waals surface area contributed by atoms with Crippen molar-refractivity contribution in [3.05, 3.63) is 29.8 Å². The summed E-state index contributed by atoms with van der Waals surface area (Å²) in [5, 5.41) is 6.26. The molecule has 20 heavy (non-hydrogen) atoms. The van der Waals surface area contributed by atoms with Gasteiger partial charge in [-0.05, 0) is 11.6 Å². The van der Waals surface area contributed by atoms with Crippen molar-refractivity contribution >= 4 is 5.91 Å². The van der Waals surface area contributed by atoms with Gasteiger partial charge < -0.3 is 15.4 Å². The summed E-state index contributed by atoms with van der Waals surface area (Å²) in [6.07, 6.45) is 0.948. The molecule has 1 saturated heterocycles. The fraction of sp³-hybridized carbons (Fsp3) is 0.533. The van der Waals surface area contributed by atoms with Crippen LogP contribution in [0.5, 0.6) is 5.75 Å². The lowest BCUT2D eigenvalue weighted by molar-refractivity contribution is -0.122. The second-order valence-corrected chi connectivity index (χ2v) is 5.38. The van der Waals surface area contributed by atoms with Gasteiger partial charge in [-0.25, -0.2) is 0 Å². The monoisotopic (exact) mass is 275 g/mol. The number of rotatable bonds is 4. The lowest BCUT2D eigenvalue weighted by Crippen LogP contribution is -2.48. The van der Waals surface area contributed by atoms with E-state index in [2.05, 4.69) is 21.6 Å². The zero-order valence-corrected chi connectivity index (χ0v) is 11.6. The van der Waals surface area contributed by atoms with E-state index < -0.39 is 0 Å². The van der Waals surface area contributed by atoms with Crippen LogP contribution >= 0.6 is 0 Å². The average Bonchev–Trinajstić information content (AvgIpc) is 2.89. The summed E-state index contributed by atoms with van der Waals surface area (Å²) in [7, 11) is 0. The molecular weight excluding hydrogens is 254 g/mol. The first-order chi connectivity index (χ1) is 9.81. The molecule has 2 aliphatic rings. The Morgan fingerprint density at radius 1 is 1.35 bits per heavy atom. The molecule has 0 bridgehead atoms. The lowest BCUT2D eigenvalue weighted by atomic mass is 10.1. The van der Waals surface area contributed by atoms with Crippen molar-refractivity contribution in [1.29, 1.82) is 0 Å². The number of fused-ring (bicyclic) bond motifs is 1. The highest BCUT2D eigenvalue weighted by Crippen LogP contribution is 2.27. The highest BCUT2D eigenvalue weighted by Gasteiger charge is 2.23. The Morgan fingerprint density at radius 2 is 2.15 bits per heavy atom. The largest absolute Gasteiger partial charge is 0.488 e. The molecular formula is C15H21N3O2. The van der Waals surface area contributed by atoms with Crippen LogP contribution in [0.3, 0.4) is 0 Å². The Balaban J connectivity index is 1.41. The molecule has 0 aliphatic carbocycles.